The molecule has 1 heterocycles. The van der Waals surface area contributed by atoms with E-state index < -0.39 is 0 Å². The van der Waals surface area contributed by atoms with Crippen molar-refractivity contribution in [1.29, 1.82) is 0 Å². The second-order valence-electron chi connectivity index (χ2n) is 5.66. The molecular formula is C13H28N2O2. The first-order chi connectivity index (χ1) is 8.01. The van der Waals surface area contributed by atoms with Crippen molar-refractivity contribution in [3.63, 3.8) is 0 Å². The van der Waals surface area contributed by atoms with Crippen LogP contribution in [0.2, 0.25) is 0 Å². The largest absolute Gasteiger partial charge is 0.377 e. The zero-order chi connectivity index (χ0) is 12.7. The number of nitrogens with zero attached hydrogens (tertiary/aromatic N) is 1. The Morgan fingerprint density at radius 3 is 2.35 bits per heavy atom. The van der Waals surface area contributed by atoms with Crippen molar-refractivity contribution in [2.45, 2.75) is 45.3 Å². The Balaban J connectivity index is 2.07. The summed E-state index contributed by atoms with van der Waals surface area (Å²) in [6.45, 7) is 11.7. The van der Waals surface area contributed by atoms with Gasteiger partial charge in [-0.25, -0.2) is 0 Å². The van der Waals surface area contributed by atoms with Crippen molar-refractivity contribution in [2.75, 3.05) is 39.4 Å². The monoisotopic (exact) mass is 244 g/mol. The van der Waals surface area contributed by atoms with Crippen LogP contribution in [0.4, 0.5) is 0 Å². The normalized spacial score (nSPS) is 19.8. The standard InChI is InChI=1S/C13H28N2O2/c1-13(2,3)17-11-9-15-7-4-12(5-8-15)16-10-6-14/h12H,4-11,14H2,1-3H3. The van der Waals surface area contributed by atoms with Gasteiger partial charge >= 0.3 is 0 Å². The van der Waals surface area contributed by atoms with E-state index in [9.17, 15) is 0 Å². The van der Waals surface area contributed by atoms with Gasteiger partial charge < -0.3 is 20.1 Å². The molecule has 0 aromatic heterocycles. The van der Waals surface area contributed by atoms with Crippen molar-refractivity contribution in [3.05, 3.63) is 0 Å². The number of nitrogens with two attached hydrogens (primary N) is 1. The molecule has 4 heteroatoms. The fourth-order valence-corrected chi connectivity index (χ4v) is 2.02. The third-order valence-electron chi connectivity index (χ3n) is 2.95. The van der Waals surface area contributed by atoms with Crippen molar-refractivity contribution in [3.8, 4) is 0 Å². The molecule has 0 spiro atoms. The van der Waals surface area contributed by atoms with Crippen LogP contribution in [0.5, 0.6) is 0 Å². The summed E-state index contributed by atoms with van der Waals surface area (Å²) in [4.78, 5) is 2.45. The lowest BCUT2D eigenvalue weighted by molar-refractivity contribution is -0.0277. The van der Waals surface area contributed by atoms with E-state index in [2.05, 4.69) is 25.7 Å². The number of ether oxygens (including phenoxy) is 2. The maximum atomic E-state index is 5.73. The molecular weight excluding hydrogens is 216 g/mol. The minimum Gasteiger partial charge on any atom is -0.377 e. The molecule has 0 aliphatic carbocycles. The van der Waals surface area contributed by atoms with Gasteiger partial charge in [0.05, 0.1) is 24.9 Å². The lowest BCUT2D eigenvalue weighted by atomic mass is 10.1. The SMILES string of the molecule is CC(C)(C)OCCN1CCC(OCCN)CC1. The molecule has 1 rings (SSSR count). The molecule has 0 saturated carbocycles. The highest BCUT2D eigenvalue weighted by Gasteiger charge is 2.19. The first-order valence-electron chi connectivity index (χ1n) is 6.69. The summed E-state index contributed by atoms with van der Waals surface area (Å²) in [5, 5.41) is 0. The van der Waals surface area contributed by atoms with E-state index in [1.807, 2.05) is 0 Å². The summed E-state index contributed by atoms with van der Waals surface area (Å²) >= 11 is 0. The summed E-state index contributed by atoms with van der Waals surface area (Å²) in [6.07, 6.45) is 2.66. The summed E-state index contributed by atoms with van der Waals surface area (Å²) in [5.74, 6) is 0. The van der Waals surface area contributed by atoms with Crippen LogP contribution < -0.4 is 5.73 Å². The zero-order valence-corrected chi connectivity index (χ0v) is 11.6. The topological polar surface area (TPSA) is 47.7 Å². The van der Waals surface area contributed by atoms with E-state index in [1.165, 1.54) is 0 Å². The van der Waals surface area contributed by atoms with Gasteiger partial charge in [0.2, 0.25) is 0 Å². The number of likely N-dealkylation sites (tertiary alicyclic amines) is 1. The second-order valence-corrected chi connectivity index (χ2v) is 5.66. The van der Waals surface area contributed by atoms with Gasteiger partial charge in [-0.15, -0.1) is 0 Å². The maximum absolute atomic E-state index is 5.73. The zero-order valence-electron chi connectivity index (χ0n) is 11.6. The fraction of sp³-hybridized carbons (Fsp3) is 1.00. The molecule has 1 saturated heterocycles. The van der Waals surface area contributed by atoms with Gasteiger partial charge in [-0.3, -0.25) is 0 Å². The van der Waals surface area contributed by atoms with Gasteiger partial charge in [0, 0.05) is 26.2 Å². The Morgan fingerprint density at radius 1 is 1.18 bits per heavy atom. The molecule has 0 radical (unpaired) electrons. The highest BCUT2D eigenvalue weighted by Crippen LogP contribution is 2.14. The van der Waals surface area contributed by atoms with Gasteiger partial charge in [-0.2, -0.15) is 0 Å². The molecule has 1 fully saturated rings. The molecule has 102 valence electrons. The molecule has 2 N–H and O–H groups in total. The van der Waals surface area contributed by atoms with E-state index in [0.717, 1.165) is 39.1 Å². The van der Waals surface area contributed by atoms with Crippen LogP contribution in [0.25, 0.3) is 0 Å². The summed E-state index contributed by atoms with van der Waals surface area (Å²) in [5.41, 5.74) is 5.40. The number of hydrogen-bond donors (Lipinski definition) is 1. The molecule has 0 aromatic carbocycles. The molecule has 1 aliphatic heterocycles. The van der Waals surface area contributed by atoms with E-state index in [0.29, 0.717) is 19.3 Å². The van der Waals surface area contributed by atoms with E-state index in [-0.39, 0.29) is 5.60 Å². The van der Waals surface area contributed by atoms with Crippen LogP contribution in [-0.2, 0) is 9.47 Å². The van der Waals surface area contributed by atoms with Crippen molar-refractivity contribution in [2.24, 2.45) is 5.73 Å². The Hall–Kier alpha value is -0.160. The van der Waals surface area contributed by atoms with Gasteiger partial charge in [0.25, 0.3) is 0 Å². The van der Waals surface area contributed by atoms with Crippen LogP contribution in [0.3, 0.4) is 0 Å². The lowest BCUT2D eigenvalue weighted by Crippen LogP contribution is -2.40. The van der Waals surface area contributed by atoms with Gasteiger partial charge in [0.1, 0.15) is 0 Å². The number of piperidine rings is 1. The van der Waals surface area contributed by atoms with Crippen LogP contribution >= 0.6 is 0 Å². The molecule has 0 atom stereocenters. The van der Waals surface area contributed by atoms with Crippen molar-refractivity contribution < 1.29 is 9.47 Å². The van der Waals surface area contributed by atoms with Crippen molar-refractivity contribution >= 4 is 0 Å². The van der Waals surface area contributed by atoms with Crippen LogP contribution in [0.15, 0.2) is 0 Å². The highest BCUT2D eigenvalue weighted by molar-refractivity contribution is 4.72. The maximum Gasteiger partial charge on any atom is 0.0600 e. The Bertz CT molecular complexity index is 196. The molecule has 1 aliphatic rings. The summed E-state index contributed by atoms with van der Waals surface area (Å²) < 4.78 is 11.4. The Morgan fingerprint density at radius 2 is 1.82 bits per heavy atom. The Labute approximate surface area is 105 Å². The van der Waals surface area contributed by atoms with Crippen LogP contribution in [0, 0.1) is 0 Å². The van der Waals surface area contributed by atoms with Gasteiger partial charge in [-0.05, 0) is 33.6 Å². The molecule has 4 nitrogen and oxygen atoms in total. The lowest BCUT2D eigenvalue weighted by Gasteiger charge is -2.32. The number of hydrogen-bond acceptors (Lipinski definition) is 4. The van der Waals surface area contributed by atoms with Crippen molar-refractivity contribution in [1.82, 2.24) is 4.90 Å². The smallest absolute Gasteiger partial charge is 0.0600 e. The van der Waals surface area contributed by atoms with E-state index in [4.69, 9.17) is 15.2 Å². The predicted octanol–water partition coefficient (Wildman–Crippen LogP) is 1.24. The third kappa shape index (κ3) is 6.99. The van der Waals surface area contributed by atoms with Gasteiger partial charge in [-0.1, -0.05) is 0 Å². The van der Waals surface area contributed by atoms with E-state index >= 15 is 0 Å². The summed E-state index contributed by atoms with van der Waals surface area (Å²) in [6, 6.07) is 0. The fourth-order valence-electron chi connectivity index (χ4n) is 2.02. The average Bonchev–Trinajstić information content (AvgIpc) is 2.26. The predicted molar refractivity (Wildman–Crippen MR) is 70.2 cm³/mol. The number of rotatable bonds is 6. The molecule has 0 amide bonds. The molecule has 0 unspecified atom stereocenters. The van der Waals surface area contributed by atoms with E-state index in [1.54, 1.807) is 0 Å². The molecule has 0 aromatic rings. The van der Waals surface area contributed by atoms with Crippen LogP contribution in [0.1, 0.15) is 33.6 Å². The third-order valence-corrected chi connectivity index (χ3v) is 2.95. The molecule has 0 bridgehead atoms. The quantitative estimate of drug-likeness (QED) is 0.764. The van der Waals surface area contributed by atoms with Gasteiger partial charge in [0.15, 0.2) is 0 Å². The average molecular weight is 244 g/mol. The summed E-state index contributed by atoms with van der Waals surface area (Å²) in [7, 11) is 0. The first kappa shape index (κ1) is 14.9. The highest BCUT2D eigenvalue weighted by atomic mass is 16.5. The first-order valence-corrected chi connectivity index (χ1v) is 6.69. The molecule has 17 heavy (non-hydrogen) atoms. The second kappa shape index (κ2) is 7.31. The minimum atomic E-state index is -0.0252. The minimum absolute atomic E-state index is 0.0252. The van der Waals surface area contributed by atoms with Crippen LogP contribution in [-0.4, -0.2) is 56.0 Å². The Kier molecular flexibility index (Phi) is 6.41.